The zero-order valence-corrected chi connectivity index (χ0v) is 85.0. The quantitative estimate of drug-likeness (QED) is 0.0252. The second kappa shape index (κ2) is 62.9. The number of unbranched alkanes of at least 4 members (excludes halogenated alkanes) is 22. The Labute approximate surface area is 857 Å². The topological polar surface area (TPSA) is 852 Å². The first kappa shape index (κ1) is 129. The molecule has 41 atom stereocenters. The Morgan fingerprint density at radius 3 is 1.11 bits per heavy atom. The number of ether oxygens (including phenoxy) is 14. The molecule has 7 aliphatic rings. The molecule has 7 saturated heterocycles. The fourth-order valence-corrected chi connectivity index (χ4v) is 19.8. The van der Waals surface area contributed by atoms with Crippen LogP contribution in [0.5, 0.6) is 0 Å². The third-order valence-electron chi connectivity index (χ3n) is 28.0. The van der Waals surface area contributed by atoms with Crippen molar-refractivity contribution in [3.8, 4) is 0 Å². The maximum Gasteiger partial charge on any atom is 0.364 e. The van der Waals surface area contributed by atoms with Crippen LogP contribution in [0.2, 0.25) is 0 Å². The van der Waals surface area contributed by atoms with Gasteiger partial charge in [-0.3, -0.25) is 24.0 Å². The van der Waals surface area contributed by atoms with Crippen molar-refractivity contribution in [1.82, 2.24) is 26.6 Å². The van der Waals surface area contributed by atoms with E-state index in [2.05, 4.69) is 47.4 Å². The van der Waals surface area contributed by atoms with E-state index >= 15 is 0 Å². The summed E-state index contributed by atoms with van der Waals surface area (Å²) in [5, 5.41) is 309. The van der Waals surface area contributed by atoms with Crippen molar-refractivity contribution in [1.29, 1.82) is 0 Å². The minimum absolute atomic E-state index is 0.0436. The molecule has 7 aliphatic heterocycles. The second-order valence-electron chi connectivity index (χ2n) is 40.2. The monoisotopic (exact) mass is 2150 g/mol. The van der Waals surface area contributed by atoms with Crippen LogP contribution in [0.3, 0.4) is 0 Å². The van der Waals surface area contributed by atoms with Crippen molar-refractivity contribution in [3.05, 3.63) is 0 Å². The Kier molecular flexibility index (Phi) is 54.9. The van der Waals surface area contributed by atoms with Gasteiger partial charge in [-0.2, -0.15) is 0 Å². The predicted octanol–water partition coefficient (Wildman–Crippen LogP) is -7.64. The number of nitrogens with one attached hydrogen (secondary N) is 5. The van der Waals surface area contributed by atoms with Crippen molar-refractivity contribution in [3.63, 3.8) is 0 Å². The van der Waals surface area contributed by atoms with Gasteiger partial charge in [0.05, 0.1) is 101 Å². The number of carboxylic acid groups (broad SMARTS) is 3. The van der Waals surface area contributed by atoms with E-state index in [0.717, 1.165) is 105 Å². The summed E-state index contributed by atoms with van der Waals surface area (Å²) < 4.78 is 83.6. The lowest BCUT2D eigenvalue weighted by Gasteiger charge is -2.53. The van der Waals surface area contributed by atoms with Crippen molar-refractivity contribution in [2.45, 2.75) is 491 Å². The number of aliphatic carboxylic acids is 3. The van der Waals surface area contributed by atoms with Crippen LogP contribution in [0.15, 0.2) is 0 Å². The van der Waals surface area contributed by atoms with Gasteiger partial charge in [0.1, 0.15) is 159 Å². The van der Waals surface area contributed by atoms with Gasteiger partial charge < -0.3 is 226 Å². The number of rotatable bonds is 66. The molecule has 148 heavy (non-hydrogen) atoms. The molecule has 53 nitrogen and oxygen atoms in total. The number of hydrogen-bond acceptors (Lipinski definition) is 45. The predicted molar refractivity (Wildman–Crippen MR) is 503 cm³/mol. The number of carboxylic acids is 3. The number of amides is 5. The molecule has 53 heteroatoms. The molecule has 7 fully saturated rings. The average Bonchev–Trinajstić information content (AvgIpc) is 0.738. The van der Waals surface area contributed by atoms with E-state index in [1.54, 1.807) is 0 Å². The maximum absolute atomic E-state index is 14.3. The molecular weight excluding hydrogens is 1980 g/mol. The highest BCUT2D eigenvalue weighted by Gasteiger charge is 2.67. The fourth-order valence-electron chi connectivity index (χ4n) is 19.8. The average molecular weight is 2150 g/mol. The molecule has 0 aliphatic carbocycles. The highest BCUT2D eigenvalue weighted by atomic mass is 16.8. The van der Waals surface area contributed by atoms with E-state index in [9.17, 15) is 171 Å². The minimum atomic E-state index is -3.68. The van der Waals surface area contributed by atoms with Crippen LogP contribution in [-0.4, -0.2) is 483 Å². The Bertz CT molecular complexity index is 3920. The molecular formula is C95H167N5O48. The Balaban J connectivity index is 1.15. The maximum atomic E-state index is 14.3. The molecule has 0 spiro atoms. The zero-order valence-electron chi connectivity index (χ0n) is 85.0. The SMILES string of the molecule is CCCCCCCCCCCCCCCCCC(=O)NC(COC1OC(CO)C(OC2OC(CO)C(O)C(OC3OC(CO)C(O)C(OC4(C(=O)O)CC(O)C(NC(C)=O)C(C(O)C(CO)OC5OC(CO)C(OC6(C(=O)O)CC(O)C(NC(C)=O)C(C(O)C(O)CO)O6)C(OC6(C(=O)O)CC(O)C(NC(C)=O)C(C(O)C(O)CO)O6)C5O)O4)C3NC(C)=O)C2O)C(O)C1O)C(O)C(O)CCCCCCCCCCCC(C)C. The minimum Gasteiger partial charge on any atom is -0.477 e. The Morgan fingerprint density at radius 2 is 0.709 bits per heavy atom. The molecule has 0 bridgehead atoms. The van der Waals surface area contributed by atoms with Gasteiger partial charge in [-0.15, -0.1) is 0 Å². The van der Waals surface area contributed by atoms with E-state index in [0.29, 0.717) is 18.8 Å². The molecule has 860 valence electrons. The first-order valence-corrected chi connectivity index (χ1v) is 51.6. The third-order valence-corrected chi connectivity index (χ3v) is 28.0. The van der Waals surface area contributed by atoms with Gasteiger partial charge >= 0.3 is 17.9 Å². The summed E-state index contributed by atoms with van der Waals surface area (Å²) in [6, 6.07) is -9.64. The van der Waals surface area contributed by atoms with Gasteiger partial charge in [-0.05, 0) is 18.8 Å². The summed E-state index contributed by atoms with van der Waals surface area (Å²) in [6.45, 7) is -0.113. The lowest BCUT2D eigenvalue weighted by atomic mass is 9.87. The Morgan fingerprint density at radius 1 is 0.358 bits per heavy atom. The summed E-state index contributed by atoms with van der Waals surface area (Å²) in [6.07, 6.45) is -55.0. The van der Waals surface area contributed by atoms with Gasteiger partial charge in [0, 0.05) is 53.4 Å². The van der Waals surface area contributed by atoms with Gasteiger partial charge in [0.2, 0.25) is 29.5 Å². The summed E-state index contributed by atoms with van der Waals surface area (Å²) in [4.78, 5) is 108. The highest BCUT2D eigenvalue weighted by molar-refractivity contribution is 5.79. The highest BCUT2D eigenvalue weighted by Crippen LogP contribution is 2.46. The van der Waals surface area contributed by atoms with Crippen LogP contribution in [0.1, 0.15) is 241 Å². The Hall–Kier alpha value is -5.72. The van der Waals surface area contributed by atoms with E-state index < -0.39 is 369 Å². The summed E-state index contributed by atoms with van der Waals surface area (Å²) in [5.41, 5.74) is 0. The summed E-state index contributed by atoms with van der Waals surface area (Å²) in [7, 11) is 0. The van der Waals surface area contributed by atoms with Crippen LogP contribution in [-0.2, 0) is 105 Å². The fraction of sp³-hybridized carbons (Fsp3) is 0.916. The number of carbonyl (C=O) groups is 8. The summed E-state index contributed by atoms with van der Waals surface area (Å²) >= 11 is 0. The molecule has 0 aromatic heterocycles. The van der Waals surface area contributed by atoms with Gasteiger partial charge in [-0.1, -0.05) is 175 Å². The number of aliphatic hydroxyl groups excluding tert-OH is 23. The number of carbonyl (C=O) groups excluding carboxylic acids is 5. The zero-order chi connectivity index (χ0) is 110. The lowest BCUT2D eigenvalue weighted by Crippen LogP contribution is -2.73. The van der Waals surface area contributed by atoms with Crippen LogP contribution in [0.25, 0.3) is 0 Å². The molecule has 7 heterocycles. The van der Waals surface area contributed by atoms with Crippen molar-refractivity contribution in [2.75, 3.05) is 52.9 Å². The smallest absolute Gasteiger partial charge is 0.364 e. The lowest BCUT2D eigenvalue weighted by molar-refractivity contribution is -0.404. The second-order valence-corrected chi connectivity index (χ2v) is 40.2. The van der Waals surface area contributed by atoms with Gasteiger partial charge in [0.25, 0.3) is 17.4 Å². The molecule has 31 N–H and O–H groups in total. The first-order chi connectivity index (χ1) is 70.1. The number of hydrogen-bond donors (Lipinski definition) is 31. The largest absolute Gasteiger partial charge is 0.477 e. The number of aliphatic hydroxyl groups is 23. The molecule has 7 rings (SSSR count). The van der Waals surface area contributed by atoms with Gasteiger partial charge in [0.15, 0.2) is 25.2 Å². The molecule has 5 amide bonds. The first-order valence-electron chi connectivity index (χ1n) is 51.6. The van der Waals surface area contributed by atoms with Crippen molar-refractivity contribution in [2.24, 2.45) is 5.92 Å². The van der Waals surface area contributed by atoms with Crippen LogP contribution < -0.4 is 26.6 Å². The van der Waals surface area contributed by atoms with E-state index in [-0.39, 0.29) is 12.8 Å². The van der Waals surface area contributed by atoms with E-state index in [1.165, 1.54) is 70.6 Å². The standard InChI is InChI=1S/C95H167N5O48/c1-8-9-10-11-12-13-14-15-16-17-18-22-25-28-31-34-63(118)100-51(68(119)52(112)33-30-27-24-21-19-20-23-26-29-32-46(2)3)45-135-87-75(126)74(125)78(61(43-106)139-87)141-89-76(127)84(73(124)60(42-105)138-89)142-86-67(99-50(7)111)83(72(123)58(40-103)136-86)147-94(91(131)132)36-55(115)66(98-49(6)110)82(146-94)71(122)59(41-104)137-88-77(128)85(148-95(92(133)134)37-54(114)65(97-48(5)109)81(145-95)70(121)57(117)39-102)79(62(44-107)140-88)143-93(90(129)130)35-53(113)64(96-47(4)108)80(144-93)69(120)56(116)38-101/h46,51-62,64-89,101-107,112-117,119-128H,8-45H2,1-7H3,(H,96,108)(H,97,109)(H,98,110)(H,99,111)(H,100,118)(H,129,130)(H,131,132)(H,133,134). The normalized spacial score (nSPS) is 35.5. The van der Waals surface area contributed by atoms with Crippen LogP contribution in [0.4, 0.5) is 0 Å². The molecule has 0 saturated carbocycles. The molecule has 0 radical (unpaired) electrons. The van der Waals surface area contributed by atoms with Crippen LogP contribution in [0, 0.1) is 5.92 Å². The summed E-state index contributed by atoms with van der Waals surface area (Å²) in [5.74, 6) is -22.0. The van der Waals surface area contributed by atoms with E-state index in [1.807, 2.05) is 0 Å². The molecule has 41 unspecified atom stereocenters. The van der Waals surface area contributed by atoms with Crippen molar-refractivity contribution < 1.29 is 237 Å². The van der Waals surface area contributed by atoms with Gasteiger partial charge in [-0.25, -0.2) is 14.4 Å². The molecule has 0 aromatic rings. The van der Waals surface area contributed by atoms with Crippen LogP contribution >= 0.6 is 0 Å². The molecule has 0 aromatic carbocycles. The van der Waals surface area contributed by atoms with Crippen molar-refractivity contribution >= 4 is 47.4 Å². The third kappa shape index (κ3) is 35.9. The van der Waals surface area contributed by atoms with E-state index in [4.69, 9.17) is 66.3 Å².